The van der Waals surface area contributed by atoms with Crippen LogP contribution in [0.15, 0.2) is 18.3 Å². The molecule has 1 heterocycles. The molecule has 1 unspecified atom stereocenters. The van der Waals surface area contributed by atoms with Gasteiger partial charge in [-0.1, -0.05) is 0 Å². The molecule has 0 radical (unpaired) electrons. The van der Waals surface area contributed by atoms with Crippen LogP contribution in [0.1, 0.15) is 25.5 Å². The van der Waals surface area contributed by atoms with Gasteiger partial charge in [-0.2, -0.15) is 8.78 Å². The summed E-state index contributed by atoms with van der Waals surface area (Å²) in [5.74, 6) is -0.0857. The van der Waals surface area contributed by atoms with Crippen molar-refractivity contribution in [2.75, 3.05) is 6.61 Å². The Labute approximate surface area is 87.0 Å². The first-order valence-corrected chi connectivity index (χ1v) is 4.65. The van der Waals surface area contributed by atoms with Crippen molar-refractivity contribution in [3.8, 4) is 5.88 Å². The van der Waals surface area contributed by atoms with E-state index in [9.17, 15) is 8.78 Å². The third kappa shape index (κ3) is 3.79. The van der Waals surface area contributed by atoms with Gasteiger partial charge in [-0.3, -0.25) is 0 Å². The number of ether oxygens (including phenoxy) is 2. The zero-order valence-electron chi connectivity index (χ0n) is 8.61. The van der Waals surface area contributed by atoms with E-state index in [1.165, 1.54) is 12.3 Å². The molecule has 0 bridgehead atoms. The fraction of sp³-hybridized carbons (Fsp3) is 0.500. The molecule has 3 nitrogen and oxygen atoms in total. The van der Waals surface area contributed by atoms with Crippen LogP contribution >= 0.6 is 0 Å². The van der Waals surface area contributed by atoms with Crippen LogP contribution < -0.4 is 4.74 Å². The van der Waals surface area contributed by atoms with Crippen molar-refractivity contribution >= 4 is 0 Å². The summed E-state index contributed by atoms with van der Waals surface area (Å²) in [6.07, 6.45) is 1.38. The number of hydrogen-bond acceptors (Lipinski definition) is 3. The summed E-state index contributed by atoms with van der Waals surface area (Å²) in [7, 11) is 0. The maximum atomic E-state index is 11.8. The minimum Gasteiger partial charge on any atom is -0.417 e. The summed E-state index contributed by atoms with van der Waals surface area (Å²) in [5, 5.41) is 0. The van der Waals surface area contributed by atoms with E-state index in [4.69, 9.17) is 4.74 Å². The highest BCUT2D eigenvalue weighted by molar-refractivity contribution is 5.19. The number of aromatic nitrogens is 1. The molecule has 1 aromatic heterocycles. The standard InChI is InChI=1S/C10H13F2NO2/c1-3-14-7(2)8-4-5-9(13-6-8)15-10(11)12/h4-7,10H,3H2,1-2H3. The van der Waals surface area contributed by atoms with Crippen molar-refractivity contribution in [2.45, 2.75) is 26.6 Å². The summed E-state index contributed by atoms with van der Waals surface area (Å²) >= 11 is 0. The normalized spacial score (nSPS) is 12.9. The smallest absolute Gasteiger partial charge is 0.388 e. The summed E-state index contributed by atoms with van der Waals surface area (Å²) in [6, 6.07) is 3.06. The number of pyridine rings is 1. The van der Waals surface area contributed by atoms with Crippen LogP contribution in [-0.2, 0) is 4.74 Å². The van der Waals surface area contributed by atoms with Crippen LogP contribution in [0.25, 0.3) is 0 Å². The lowest BCUT2D eigenvalue weighted by atomic mass is 10.2. The molecule has 0 aromatic carbocycles. The van der Waals surface area contributed by atoms with Gasteiger partial charge in [0.25, 0.3) is 0 Å². The zero-order valence-corrected chi connectivity index (χ0v) is 8.61. The molecular weight excluding hydrogens is 204 g/mol. The predicted molar refractivity (Wildman–Crippen MR) is 50.9 cm³/mol. The molecule has 0 spiro atoms. The molecule has 1 aromatic rings. The Hall–Kier alpha value is -1.23. The Kier molecular flexibility index (Phi) is 4.42. The van der Waals surface area contributed by atoms with Gasteiger partial charge in [-0.15, -0.1) is 0 Å². The van der Waals surface area contributed by atoms with Crippen molar-refractivity contribution in [1.82, 2.24) is 4.98 Å². The lowest BCUT2D eigenvalue weighted by Crippen LogP contribution is -2.05. The second kappa shape index (κ2) is 5.60. The Morgan fingerprint density at radius 1 is 1.40 bits per heavy atom. The predicted octanol–water partition coefficient (Wildman–Crippen LogP) is 2.78. The van der Waals surface area contributed by atoms with E-state index < -0.39 is 6.61 Å². The number of hydrogen-bond donors (Lipinski definition) is 0. The number of rotatable bonds is 5. The molecular formula is C10H13F2NO2. The Balaban J connectivity index is 2.63. The van der Waals surface area contributed by atoms with E-state index in [-0.39, 0.29) is 12.0 Å². The largest absolute Gasteiger partial charge is 0.417 e. The monoisotopic (exact) mass is 217 g/mol. The molecule has 0 aliphatic heterocycles. The van der Waals surface area contributed by atoms with Gasteiger partial charge < -0.3 is 9.47 Å². The van der Waals surface area contributed by atoms with Gasteiger partial charge in [-0.05, 0) is 25.5 Å². The van der Waals surface area contributed by atoms with Crippen molar-refractivity contribution in [3.63, 3.8) is 0 Å². The van der Waals surface area contributed by atoms with Crippen molar-refractivity contribution in [3.05, 3.63) is 23.9 Å². The van der Waals surface area contributed by atoms with Gasteiger partial charge in [0.2, 0.25) is 5.88 Å². The third-order valence-electron chi connectivity index (χ3n) is 1.86. The number of halogens is 2. The van der Waals surface area contributed by atoms with Crippen molar-refractivity contribution in [2.24, 2.45) is 0 Å². The van der Waals surface area contributed by atoms with Crippen LogP contribution in [0, 0.1) is 0 Å². The number of alkyl halides is 2. The fourth-order valence-electron chi connectivity index (χ4n) is 1.14. The van der Waals surface area contributed by atoms with E-state index in [2.05, 4.69) is 9.72 Å². The highest BCUT2D eigenvalue weighted by Gasteiger charge is 2.08. The maximum Gasteiger partial charge on any atom is 0.388 e. The minimum atomic E-state index is -2.84. The Bertz CT molecular complexity index is 290. The summed E-state index contributed by atoms with van der Waals surface area (Å²) < 4.78 is 33.1. The van der Waals surface area contributed by atoms with Crippen LogP contribution in [0.3, 0.4) is 0 Å². The molecule has 0 fully saturated rings. The maximum absolute atomic E-state index is 11.8. The molecule has 0 N–H and O–H groups in total. The highest BCUT2D eigenvalue weighted by Crippen LogP contribution is 2.18. The molecule has 15 heavy (non-hydrogen) atoms. The molecule has 0 aliphatic carbocycles. The van der Waals surface area contributed by atoms with E-state index in [1.54, 1.807) is 6.07 Å². The summed E-state index contributed by atoms with van der Waals surface area (Å²) in [6.45, 7) is 1.51. The Morgan fingerprint density at radius 2 is 2.13 bits per heavy atom. The first kappa shape index (κ1) is 11.8. The van der Waals surface area contributed by atoms with Crippen molar-refractivity contribution in [1.29, 1.82) is 0 Å². The lowest BCUT2D eigenvalue weighted by molar-refractivity contribution is -0.0529. The summed E-state index contributed by atoms with van der Waals surface area (Å²) in [4.78, 5) is 3.74. The van der Waals surface area contributed by atoms with Crippen LogP contribution in [-0.4, -0.2) is 18.2 Å². The highest BCUT2D eigenvalue weighted by atomic mass is 19.3. The van der Waals surface area contributed by atoms with Crippen LogP contribution in [0.5, 0.6) is 5.88 Å². The Morgan fingerprint density at radius 3 is 2.60 bits per heavy atom. The molecule has 1 rings (SSSR count). The quantitative estimate of drug-likeness (QED) is 0.759. The third-order valence-corrected chi connectivity index (χ3v) is 1.86. The zero-order chi connectivity index (χ0) is 11.3. The van der Waals surface area contributed by atoms with Gasteiger partial charge in [0, 0.05) is 18.9 Å². The molecule has 5 heteroatoms. The van der Waals surface area contributed by atoms with Gasteiger partial charge >= 0.3 is 6.61 Å². The topological polar surface area (TPSA) is 31.4 Å². The van der Waals surface area contributed by atoms with Gasteiger partial charge in [0.1, 0.15) is 0 Å². The average molecular weight is 217 g/mol. The molecule has 0 saturated carbocycles. The molecule has 1 atom stereocenters. The van der Waals surface area contributed by atoms with E-state index in [0.717, 1.165) is 5.56 Å². The molecule has 0 amide bonds. The van der Waals surface area contributed by atoms with E-state index in [0.29, 0.717) is 6.61 Å². The van der Waals surface area contributed by atoms with Gasteiger partial charge in [0.05, 0.1) is 6.10 Å². The minimum absolute atomic E-state index is 0.0857. The van der Waals surface area contributed by atoms with E-state index in [1.807, 2.05) is 13.8 Å². The molecule has 84 valence electrons. The summed E-state index contributed by atoms with van der Waals surface area (Å²) in [5.41, 5.74) is 0.832. The second-order valence-corrected chi connectivity index (χ2v) is 2.91. The molecule has 0 aliphatic rings. The first-order valence-electron chi connectivity index (χ1n) is 4.65. The SMILES string of the molecule is CCOC(C)c1ccc(OC(F)F)nc1. The molecule has 0 saturated heterocycles. The van der Waals surface area contributed by atoms with Gasteiger partial charge in [0.15, 0.2) is 0 Å². The fourth-order valence-corrected chi connectivity index (χ4v) is 1.14. The van der Waals surface area contributed by atoms with Gasteiger partial charge in [-0.25, -0.2) is 4.98 Å². The van der Waals surface area contributed by atoms with E-state index >= 15 is 0 Å². The average Bonchev–Trinajstić information content (AvgIpc) is 2.18. The van der Waals surface area contributed by atoms with Crippen LogP contribution in [0.4, 0.5) is 8.78 Å². The first-order chi connectivity index (χ1) is 7.13. The number of nitrogens with zero attached hydrogens (tertiary/aromatic N) is 1. The lowest BCUT2D eigenvalue weighted by Gasteiger charge is -2.11. The van der Waals surface area contributed by atoms with Crippen LogP contribution in [0.2, 0.25) is 0 Å². The van der Waals surface area contributed by atoms with Crippen molar-refractivity contribution < 1.29 is 18.3 Å². The second-order valence-electron chi connectivity index (χ2n) is 2.91.